The molecule has 1 fully saturated rings. The van der Waals surface area contributed by atoms with E-state index in [-0.39, 0.29) is 21.2 Å². The highest BCUT2D eigenvalue weighted by Crippen LogP contribution is 2.25. The van der Waals surface area contributed by atoms with Crippen LogP contribution in [0.15, 0.2) is 47.4 Å². The maximum atomic E-state index is 12.6. The summed E-state index contributed by atoms with van der Waals surface area (Å²) in [7, 11) is -3.65. The summed E-state index contributed by atoms with van der Waals surface area (Å²) >= 11 is 5.70. The van der Waals surface area contributed by atoms with Crippen LogP contribution >= 0.6 is 11.6 Å². The number of amides is 1. The Morgan fingerprint density at radius 3 is 2.55 bits per heavy atom. The molecule has 10 nitrogen and oxygen atoms in total. The van der Waals surface area contributed by atoms with E-state index in [0.717, 1.165) is 25.0 Å². The molecule has 12 heteroatoms. The third kappa shape index (κ3) is 5.37. The quantitative estimate of drug-likeness (QED) is 0.375. The molecule has 1 saturated heterocycles. The van der Waals surface area contributed by atoms with Crippen LogP contribution in [0.2, 0.25) is 5.02 Å². The summed E-state index contributed by atoms with van der Waals surface area (Å²) in [5, 5.41) is 13.6. The summed E-state index contributed by atoms with van der Waals surface area (Å²) in [5.74, 6) is -1.80. The first-order chi connectivity index (χ1) is 14.7. The number of nitrogens with one attached hydrogen (secondary N) is 1. The molecule has 1 N–H and O–H groups in total. The Morgan fingerprint density at radius 2 is 1.87 bits per heavy atom. The van der Waals surface area contributed by atoms with Gasteiger partial charge in [0.15, 0.2) is 6.61 Å². The molecule has 0 spiro atoms. The molecule has 0 unspecified atom stereocenters. The van der Waals surface area contributed by atoms with E-state index in [2.05, 4.69) is 5.32 Å². The molecule has 1 aliphatic heterocycles. The summed E-state index contributed by atoms with van der Waals surface area (Å²) < 4.78 is 31.5. The van der Waals surface area contributed by atoms with Crippen molar-refractivity contribution in [2.75, 3.05) is 25.0 Å². The Bertz CT molecular complexity index is 1130. The fourth-order valence-electron chi connectivity index (χ4n) is 3.05. The van der Waals surface area contributed by atoms with Gasteiger partial charge in [0, 0.05) is 29.9 Å². The second-order valence-electron chi connectivity index (χ2n) is 6.68. The van der Waals surface area contributed by atoms with E-state index in [4.69, 9.17) is 16.3 Å². The van der Waals surface area contributed by atoms with E-state index < -0.39 is 39.1 Å². The third-order valence-electron chi connectivity index (χ3n) is 4.53. The van der Waals surface area contributed by atoms with Crippen molar-refractivity contribution in [1.29, 1.82) is 0 Å². The van der Waals surface area contributed by atoms with E-state index in [1.54, 1.807) is 0 Å². The van der Waals surface area contributed by atoms with Crippen LogP contribution < -0.4 is 5.32 Å². The molecule has 1 aliphatic rings. The molecule has 0 saturated carbocycles. The lowest BCUT2D eigenvalue weighted by Crippen LogP contribution is -2.28. The predicted octanol–water partition coefficient (Wildman–Crippen LogP) is 2.83. The number of hydrogen-bond acceptors (Lipinski definition) is 7. The lowest BCUT2D eigenvalue weighted by atomic mass is 10.2. The standard InChI is InChI=1S/C19H18ClN3O7S/c20-13-6-7-16(17(10-13)23(26)27)19(25)30-12-18(24)21-14-4-3-5-15(11-14)31(28,29)22-8-1-2-9-22/h3-7,10-11H,1-2,8-9,12H2,(H,21,24). The second-order valence-corrected chi connectivity index (χ2v) is 9.06. The SMILES string of the molecule is O=C(COC(=O)c1ccc(Cl)cc1[N+](=O)[O-])Nc1cccc(S(=O)(=O)N2CCCC2)c1. The molecule has 0 aromatic heterocycles. The highest BCUT2D eigenvalue weighted by atomic mass is 35.5. The Hall–Kier alpha value is -3.02. The molecule has 31 heavy (non-hydrogen) atoms. The summed E-state index contributed by atoms with van der Waals surface area (Å²) in [6, 6.07) is 9.16. The van der Waals surface area contributed by atoms with Crippen LogP contribution in [0.4, 0.5) is 11.4 Å². The van der Waals surface area contributed by atoms with Gasteiger partial charge >= 0.3 is 5.97 Å². The summed E-state index contributed by atoms with van der Waals surface area (Å²) in [6.07, 6.45) is 1.60. The Morgan fingerprint density at radius 1 is 1.16 bits per heavy atom. The zero-order chi connectivity index (χ0) is 22.6. The summed E-state index contributed by atoms with van der Waals surface area (Å²) in [6.45, 7) is 0.180. The lowest BCUT2D eigenvalue weighted by Gasteiger charge is -2.16. The van der Waals surface area contributed by atoms with Gasteiger partial charge in [-0.15, -0.1) is 0 Å². The van der Waals surface area contributed by atoms with Crippen LogP contribution in [0.1, 0.15) is 23.2 Å². The number of ether oxygens (including phenoxy) is 1. The van der Waals surface area contributed by atoms with Crippen molar-refractivity contribution in [3.63, 3.8) is 0 Å². The smallest absolute Gasteiger partial charge is 0.345 e. The minimum Gasteiger partial charge on any atom is -0.452 e. The second kappa shape index (κ2) is 9.41. The van der Waals surface area contributed by atoms with Crippen LogP contribution in [-0.2, 0) is 19.6 Å². The van der Waals surface area contributed by atoms with E-state index in [0.29, 0.717) is 13.1 Å². The van der Waals surface area contributed by atoms with Gasteiger partial charge in [-0.05, 0) is 43.2 Å². The predicted molar refractivity (Wildman–Crippen MR) is 111 cm³/mol. The van der Waals surface area contributed by atoms with Crippen molar-refractivity contribution in [2.24, 2.45) is 0 Å². The first-order valence-corrected chi connectivity index (χ1v) is 11.0. The number of esters is 1. The number of halogens is 1. The van der Waals surface area contributed by atoms with Crippen molar-refractivity contribution < 1.29 is 27.7 Å². The van der Waals surface area contributed by atoms with Gasteiger partial charge in [0.25, 0.3) is 11.6 Å². The molecule has 0 radical (unpaired) electrons. The van der Waals surface area contributed by atoms with Gasteiger partial charge in [-0.1, -0.05) is 17.7 Å². The summed E-state index contributed by atoms with van der Waals surface area (Å²) in [5.41, 5.74) is -0.683. The first-order valence-electron chi connectivity index (χ1n) is 9.19. The Kier molecular flexibility index (Phi) is 6.88. The average molecular weight is 468 g/mol. The molecule has 164 valence electrons. The third-order valence-corrected chi connectivity index (χ3v) is 6.66. The van der Waals surface area contributed by atoms with Crippen molar-refractivity contribution in [1.82, 2.24) is 4.31 Å². The van der Waals surface area contributed by atoms with Gasteiger partial charge < -0.3 is 10.1 Å². The van der Waals surface area contributed by atoms with E-state index in [9.17, 15) is 28.1 Å². The zero-order valence-corrected chi connectivity index (χ0v) is 17.7. The fraction of sp³-hybridized carbons (Fsp3) is 0.263. The van der Waals surface area contributed by atoms with Crippen LogP contribution in [0.25, 0.3) is 0 Å². The number of benzene rings is 2. The monoisotopic (exact) mass is 467 g/mol. The number of rotatable bonds is 7. The van der Waals surface area contributed by atoms with E-state index in [1.807, 2.05) is 0 Å². The van der Waals surface area contributed by atoms with Gasteiger partial charge in [-0.2, -0.15) is 4.31 Å². The van der Waals surface area contributed by atoms with Crippen LogP contribution in [0, 0.1) is 10.1 Å². The van der Waals surface area contributed by atoms with Gasteiger partial charge in [0.1, 0.15) is 5.56 Å². The Balaban J connectivity index is 1.64. The van der Waals surface area contributed by atoms with Crippen molar-refractivity contribution in [2.45, 2.75) is 17.7 Å². The van der Waals surface area contributed by atoms with Crippen LogP contribution in [0.3, 0.4) is 0 Å². The molecular weight excluding hydrogens is 450 g/mol. The zero-order valence-electron chi connectivity index (χ0n) is 16.1. The topological polar surface area (TPSA) is 136 Å². The molecule has 3 rings (SSSR count). The molecule has 0 atom stereocenters. The first kappa shape index (κ1) is 22.7. The normalized spacial score (nSPS) is 14.2. The van der Waals surface area contributed by atoms with E-state index in [1.165, 1.54) is 34.6 Å². The maximum Gasteiger partial charge on any atom is 0.345 e. The number of nitrogens with zero attached hydrogens (tertiary/aromatic N) is 2. The van der Waals surface area contributed by atoms with Gasteiger partial charge in [0.2, 0.25) is 10.0 Å². The van der Waals surface area contributed by atoms with Gasteiger partial charge in [-0.3, -0.25) is 14.9 Å². The number of anilines is 1. The van der Waals surface area contributed by atoms with Crippen molar-refractivity contribution in [3.05, 3.63) is 63.2 Å². The average Bonchev–Trinajstić information content (AvgIpc) is 3.28. The number of carbonyl (C=O) groups is 2. The molecular formula is C19H18ClN3O7S. The minimum absolute atomic E-state index is 0.0426. The Labute approximate surface area is 183 Å². The van der Waals surface area contributed by atoms with Crippen molar-refractivity contribution in [3.8, 4) is 0 Å². The van der Waals surface area contributed by atoms with Gasteiger partial charge in [0.05, 0.1) is 9.82 Å². The number of carbonyl (C=O) groups excluding carboxylic acids is 2. The molecule has 0 bridgehead atoms. The van der Waals surface area contributed by atoms with E-state index >= 15 is 0 Å². The number of sulfonamides is 1. The molecule has 1 heterocycles. The van der Waals surface area contributed by atoms with Crippen LogP contribution in [0.5, 0.6) is 0 Å². The highest BCUT2D eigenvalue weighted by molar-refractivity contribution is 7.89. The minimum atomic E-state index is -3.65. The lowest BCUT2D eigenvalue weighted by molar-refractivity contribution is -0.385. The number of nitro benzene ring substituents is 1. The van der Waals surface area contributed by atoms with Gasteiger partial charge in [-0.25, -0.2) is 13.2 Å². The largest absolute Gasteiger partial charge is 0.452 e. The molecule has 1 amide bonds. The molecule has 0 aliphatic carbocycles. The maximum absolute atomic E-state index is 12.6. The fourth-order valence-corrected chi connectivity index (χ4v) is 4.78. The number of nitro groups is 1. The number of hydrogen-bond donors (Lipinski definition) is 1. The van der Waals surface area contributed by atoms with Crippen LogP contribution in [-0.4, -0.2) is 49.2 Å². The molecule has 2 aromatic carbocycles. The molecule has 2 aromatic rings. The highest BCUT2D eigenvalue weighted by Gasteiger charge is 2.27. The van der Waals surface area contributed by atoms with Crippen molar-refractivity contribution >= 4 is 44.9 Å². The summed E-state index contributed by atoms with van der Waals surface area (Å²) in [4.78, 5) is 34.6.